The zero-order chi connectivity index (χ0) is 23.4. The first-order valence-corrected chi connectivity index (χ1v) is 10.8. The third-order valence-electron chi connectivity index (χ3n) is 5.61. The smallest absolute Gasteiger partial charge is 0.174 e. The number of fused-ring (bicyclic) bond motifs is 1. The standard InChI is InChI=1S/C26H30O6/c1-15(2)6-4-7-16(3)8-5-9-18-20(28)13-24-25(26(18)31)22(30)14-23(32-24)17-10-11-19(27)21(29)12-17/h6,8,10-13,23,27-29,31H,4-5,7,9,14H2,1-3H3/t23-/m0/s1. The Labute approximate surface area is 188 Å². The molecule has 6 nitrogen and oxygen atoms in total. The summed E-state index contributed by atoms with van der Waals surface area (Å²) in [5, 5.41) is 40.4. The molecule has 0 radical (unpaired) electrons. The number of ether oxygens (including phenoxy) is 1. The van der Waals surface area contributed by atoms with Crippen LogP contribution in [0, 0.1) is 0 Å². The van der Waals surface area contributed by atoms with Gasteiger partial charge in [0.1, 0.15) is 28.9 Å². The molecule has 0 saturated heterocycles. The van der Waals surface area contributed by atoms with Crippen LogP contribution in [0.25, 0.3) is 0 Å². The van der Waals surface area contributed by atoms with Crippen LogP contribution in [-0.4, -0.2) is 26.2 Å². The fourth-order valence-electron chi connectivity index (χ4n) is 3.83. The molecule has 1 aliphatic rings. The molecule has 4 N–H and O–H groups in total. The Balaban J connectivity index is 1.76. The largest absolute Gasteiger partial charge is 0.507 e. The monoisotopic (exact) mass is 438 g/mol. The Hall–Kier alpha value is -3.41. The number of phenols is 4. The third-order valence-corrected chi connectivity index (χ3v) is 5.61. The van der Waals surface area contributed by atoms with Crippen LogP contribution in [-0.2, 0) is 6.42 Å². The van der Waals surface area contributed by atoms with Gasteiger partial charge in [0.2, 0.25) is 0 Å². The van der Waals surface area contributed by atoms with Crippen LogP contribution in [0.4, 0.5) is 0 Å². The lowest BCUT2D eigenvalue weighted by Gasteiger charge is -2.27. The lowest BCUT2D eigenvalue weighted by Crippen LogP contribution is -2.21. The van der Waals surface area contributed by atoms with Crippen LogP contribution < -0.4 is 4.74 Å². The van der Waals surface area contributed by atoms with Crippen LogP contribution in [0.2, 0.25) is 0 Å². The summed E-state index contributed by atoms with van der Waals surface area (Å²) < 4.78 is 5.86. The van der Waals surface area contributed by atoms with E-state index in [1.807, 2.05) is 0 Å². The molecule has 6 heteroatoms. The van der Waals surface area contributed by atoms with Gasteiger partial charge in [-0.3, -0.25) is 4.79 Å². The zero-order valence-electron chi connectivity index (χ0n) is 18.7. The highest BCUT2D eigenvalue weighted by molar-refractivity contribution is 6.03. The molecule has 3 rings (SSSR count). The van der Waals surface area contributed by atoms with Gasteiger partial charge in [0.15, 0.2) is 17.3 Å². The van der Waals surface area contributed by atoms with Crippen molar-refractivity contribution in [3.05, 3.63) is 64.3 Å². The quantitative estimate of drug-likeness (QED) is 0.319. The van der Waals surface area contributed by atoms with Crippen molar-refractivity contribution in [1.29, 1.82) is 0 Å². The first kappa shape index (κ1) is 23.3. The van der Waals surface area contributed by atoms with Gasteiger partial charge >= 0.3 is 0 Å². The second kappa shape index (κ2) is 9.81. The van der Waals surface area contributed by atoms with Crippen molar-refractivity contribution in [2.24, 2.45) is 0 Å². The van der Waals surface area contributed by atoms with Gasteiger partial charge in [-0.05, 0) is 64.2 Å². The van der Waals surface area contributed by atoms with E-state index in [0.717, 1.165) is 12.8 Å². The summed E-state index contributed by atoms with van der Waals surface area (Å²) in [6, 6.07) is 5.57. The number of hydrogen-bond acceptors (Lipinski definition) is 6. The summed E-state index contributed by atoms with van der Waals surface area (Å²) >= 11 is 0. The highest BCUT2D eigenvalue weighted by Gasteiger charge is 2.32. The normalized spacial score (nSPS) is 15.8. The second-order valence-corrected chi connectivity index (χ2v) is 8.49. The molecular weight excluding hydrogens is 408 g/mol. The van der Waals surface area contributed by atoms with Gasteiger partial charge in [-0.1, -0.05) is 29.4 Å². The van der Waals surface area contributed by atoms with E-state index in [9.17, 15) is 25.2 Å². The van der Waals surface area contributed by atoms with Crippen LogP contribution in [0.3, 0.4) is 0 Å². The Morgan fingerprint density at radius 1 is 1.00 bits per heavy atom. The summed E-state index contributed by atoms with van der Waals surface area (Å²) in [6.07, 6.45) is 6.51. The van der Waals surface area contributed by atoms with E-state index in [-0.39, 0.29) is 46.5 Å². The summed E-state index contributed by atoms with van der Waals surface area (Å²) in [4.78, 5) is 12.8. The number of benzene rings is 2. The van der Waals surface area contributed by atoms with Gasteiger partial charge in [0.05, 0.1) is 6.42 Å². The molecule has 0 amide bonds. The predicted molar refractivity (Wildman–Crippen MR) is 123 cm³/mol. The van der Waals surface area contributed by atoms with Crippen LogP contribution in [0.15, 0.2) is 47.6 Å². The van der Waals surface area contributed by atoms with Gasteiger partial charge in [-0.25, -0.2) is 0 Å². The number of aromatic hydroxyl groups is 4. The van der Waals surface area contributed by atoms with E-state index in [1.54, 1.807) is 6.07 Å². The average Bonchev–Trinajstić information content (AvgIpc) is 2.71. The van der Waals surface area contributed by atoms with Crippen molar-refractivity contribution in [3.8, 4) is 28.7 Å². The number of phenolic OH excluding ortho intramolecular Hbond substituents is 4. The minimum absolute atomic E-state index is 0.0294. The van der Waals surface area contributed by atoms with Crippen LogP contribution in [0.5, 0.6) is 28.7 Å². The number of allylic oxidation sites excluding steroid dienone is 4. The Morgan fingerprint density at radius 2 is 1.75 bits per heavy atom. The second-order valence-electron chi connectivity index (χ2n) is 8.49. The van der Waals surface area contributed by atoms with E-state index in [1.165, 1.54) is 29.3 Å². The molecule has 0 aliphatic carbocycles. The van der Waals surface area contributed by atoms with Crippen molar-refractivity contribution < 1.29 is 30.0 Å². The number of carbonyl (C=O) groups is 1. The van der Waals surface area contributed by atoms with E-state index in [4.69, 9.17) is 4.74 Å². The minimum atomic E-state index is -0.697. The molecule has 2 aromatic carbocycles. The molecule has 1 heterocycles. The molecular formula is C26H30O6. The molecule has 0 unspecified atom stereocenters. The fourth-order valence-corrected chi connectivity index (χ4v) is 3.83. The maximum Gasteiger partial charge on any atom is 0.174 e. The van der Waals surface area contributed by atoms with Gasteiger partial charge in [-0.2, -0.15) is 0 Å². The van der Waals surface area contributed by atoms with Gasteiger partial charge < -0.3 is 25.2 Å². The van der Waals surface area contributed by atoms with Crippen molar-refractivity contribution in [2.45, 2.75) is 59.0 Å². The lowest BCUT2D eigenvalue weighted by molar-refractivity contribution is 0.0844. The predicted octanol–water partition coefficient (Wildman–Crippen LogP) is 5.84. The van der Waals surface area contributed by atoms with Crippen LogP contribution >= 0.6 is 0 Å². The highest BCUT2D eigenvalue weighted by Crippen LogP contribution is 2.45. The van der Waals surface area contributed by atoms with Crippen molar-refractivity contribution in [1.82, 2.24) is 0 Å². The Bertz CT molecular complexity index is 1080. The minimum Gasteiger partial charge on any atom is -0.507 e. The highest BCUT2D eigenvalue weighted by atomic mass is 16.5. The van der Waals surface area contributed by atoms with Crippen molar-refractivity contribution in [3.63, 3.8) is 0 Å². The third kappa shape index (κ3) is 5.25. The van der Waals surface area contributed by atoms with Gasteiger partial charge in [-0.15, -0.1) is 0 Å². The first-order valence-electron chi connectivity index (χ1n) is 10.8. The SMILES string of the molecule is CC(C)=CCCC(C)=CCCc1c(O)cc2c(c1O)C(=O)C[C@@H](c1ccc(O)c(O)c1)O2. The maximum absolute atomic E-state index is 12.8. The molecule has 0 bridgehead atoms. The maximum atomic E-state index is 12.8. The van der Waals surface area contributed by atoms with Crippen LogP contribution in [0.1, 0.15) is 74.0 Å². The summed E-state index contributed by atoms with van der Waals surface area (Å²) in [5.41, 5.74) is 3.43. The fraction of sp³-hybridized carbons (Fsp3) is 0.346. The summed E-state index contributed by atoms with van der Waals surface area (Å²) in [6.45, 7) is 6.20. The number of carbonyl (C=O) groups excluding carboxylic acids is 1. The van der Waals surface area contributed by atoms with E-state index in [2.05, 4.69) is 32.9 Å². The molecule has 32 heavy (non-hydrogen) atoms. The lowest BCUT2D eigenvalue weighted by atomic mass is 9.92. The molecule has 0 saturated carbocycles. The molecule has 1 atom stereocenters. The van der Waals surface area contributed by atoms with E-state index < -0.39 is 6.10 Å². The number of Topliss-reactive ketones (excluding diaryl/α,β-unsaturated/α-hetero) is 1. The molecule has 2 aromatic rings. The summed E-state index contributed by atoms with van der Waals surface area (Å²) in [5.74, 6) is -1.15. The first-order chi connectivity index (χ1) is 15.2. The Kier molecular flexibility index (Phi) is 7.13. The molecule has 1 aliphatic heterocycles. The topological polar surface area (TPSA) is 107 Å². The van der Waals surface area contributed by atoms with E-state index >= 15 is 0 Å². The average molecular weight is 439 g/mol. The van der Waals surface area contributed by atoms with Gasteiger partial charge in [0.25, 0.3) is 0 Å². The molecule has 0 fully saturated rings. The van der Waals surface area contributed by atoms with Crippen molar-refractivity contribution in [2.75, 3.05) is 0 Å². The summed E-state index contributed by atoms with van der Waals surface area (Å²) in [7, 11) is 0. The molecule has 0 aromatic heterocycles. The van der Waals surface area contributed by atoms with Crippen molar-refractivity contribution >= 4 is 5.78 Å². The Morgan fingerprint density at radius 3 is 2.44 bits per heavy atom. The van der Waals surface area contributed by atoms with E-state index in [0.29, 0.717) is 24.0 Å². The van der Waals surface area contributed by atoms with Gasteiger partial charge in [0, 0.05) is 11.6 Å². The molecule has 170 valence electrons. The molecule has 0 spiro atoms. The number of hydrogen-bond donors (Lipinski definition) is 4. The number of ketones is 1. The zero-order valence-corrected chi connectivity index (χ0v) is 18.7. The number of rotatable bonds is 7.